The average molecular weight is 885 g/mol. The highest BCUT2D eigenvalue weighted by Gasteiger charge is 2.21. The van der Waals surface area contributed by atoms with E-state index < -0.39 is 0 Å². The van der Waals surface area contributed by atoms with E-state index in [0.717, 1.165) is 0 Å². The van der Waals surface area contributed by atoms with Crippen molar-refractivity contribution < 1.29 is 0 Å². The summed E-state index contributed by atoms with van der Waals surface area (Å²) in [5.74, 6) is 0. The summed E-state index contributed by atoms with van der Waals surface area (Å²) < 4.78 is 0. The van der Waals surface area contributed by atoms with Gasteiger partial charge in [-0.1, -0.05) is 243 Å². The molecule has 0 saturated carbocycles. The Morgan fingerprint density at radius 1 is 0.157 bits per heavy atom. The molecule has 0 amide bonds. The molecule has 14 rings (SSSR count). The van der Waals surface area contributed by atoms with Crippen molar-refractivity contribution in [2.75, 3.05) is 0 Å². The van der Waals surface area contributed by atoms with Crippen LogP contribution >= 0.6 is 0 Å². The summed E-state index contributed by atoms with van der Waals surface area (Å²) in [5, 5.41) is 17.4. The lowest BCUT2D eigenvalue weighted by molar-refractivity contribution is 1.60. The number of hydrogen-bond acceptors (Lipinski definition) is 0. The lowest BCUT2D eigenvalue weighted by Crippen LogP contribution is -1.94. The molecule has 0 radical (unpaired) electrons. The van der Waals surface area contributed by atoms with Gasteiger partial charge in [0.15, 0.2) is 0 Å². The van der Waals surface area contributed by atoms with E-state index in [9.17, 15) is 0 Å². The van der Waals surface area contributed by atoms with Gasteiger partial charge >= 0.3 is 0 Å². The van der Waals surface area contributed by atoms with Crippen molar-refractivity contribution in [2.24, 2.45) is 0 Å². The molecule has 70 heavy (non-hydrogen) atoms. The SMILES string of the molecule is c1ccc2cc(-c3c4ccccc4c(-c4cc(-c5cccc6ccccc56)cc(-c5ccc(-c6cccc7ccccc67)c6c(-c7cccc8ccccc78)cccc56)c4)c4ccccc34)ccc2c1. The Balaban J connectivity index is 1.09. The highest BCUT2D eigenvalue weighted by molar-refractivity contribution is 6.23. The summed E-state index contributed by atoms with van der Waals surface area (Å²) >= 11 is 0. The van der Waals surface area contributed by atoms with Gasteiger partial charge in [-0.15, -0.1) is 0 Å². The predicted octanol–water partition coefficient (Wildman–Crippen LogP) is 19.8. The Hall–Kier alpha value is -9.10. The smallest absolute Gasteiger partial charge is 0.00201 e. The second kappa shape index (κ2) is 16.3. The molecule has 0 fully saturated rings. The van der Waals surface area contributed by atoms with Crippen molar-refractivity contribution in [3.63, 3.8) is 0 Å². The summed E-state index contributed by atoms with van der Waals surface area (Å²) in [5.41, 5.74) is 14.6. The van der Waals surface area contributed by atoms with Crippen molar-refractivity contribution >= 4 is 75.4 Å². The fourth-order valence-corrected chi connectivity index (χ4v) is 11.7. The maximum absolute atomic E-state index is 2.47. The maximum Gasteiger partial charge on any atom is -0.00201 e. The van der Waals surface area contributed by atoms with Crippen LogP contribution in [0.5, 0.6) is 0 Å². The Labute approximate surface area is 407 Å². The van der Waals surface area contributed by atoms with E-state index in [-0.39, 0.29) is 0 Å². The molecular weight excluding hydrogens is 841 g/mol. The van der Waals surface area contributed by atoms with Crippen molar-refractivity contribution in [1.29, 1.82) is 0 Å². The molecular formula is C70H44. The normalized spacial score (nSPS) is 11.7. The largest absolute Gasteiger partial charge is 0.0616 e. The molecule has 0 bridgehead atoms. The van der Waals surface area contributed by atoms with Gasteiger partial charge in [0.25, 0.3) is 0 Å². The van der Waals surface area contributed by atoms with Gasteiger partial charge in [0.2, 0.25) is 0 Å². The van der Waals surface area contributed by atoms with Gasteiger partial charge in [0, 0.05) is 0 Å². The molecule has 0 spiro atoms. The van der Waals surface area contributed by atoms with E-state index in [0.29, 0.717) is 0 Å². The standard InChI is InChI=1S/C70H44/c1-2-21-49-41-50(38-37-45(49)17-1)68-63-28-9-11-30-65(63)69(66-31-12-10-29-64(66)68)53-43-51(57-32-13-22-46-18-3-6-25-54(46)57)42-52(44-53)58-39-40-67(60-34-15-24-48-20-5-8-27-56(48)60)70-61(58)35-16-36-62(70)59-33-14-23-47-19-4-7-26-55(47)59/h1-44H. The van der Waals surface area contributed by atoms with Gasteiger partial charge in [-0.2, -0.15) is 0 Å². The van der Waals surface area contributed by atoms with Crippen molar-refractivity contribution in [3.05, 3.63) is 267 Å². The molecule has 0 aliphatic rings. The van der Waals surface area contributed by atoms with Crippen LogP contribution in [0.4, 0.5) is 0 Å². The van der Waals surface area contributed by atoms with E-state index in [1.807, 2.05) is 0 Å². The van der Waals surface area contributed by atoms with E-state index >= 15 is 0 Å². The highest BCUT2D eigenvalue weighted by Crippen LogP contribution is 2.49. The minimum absolute atomic E-state index is 1.18. The molecule has 0 aliphatic heterocycles. The fraction of sp³-hybridized carbons (Fsp3) is 0. The quantitative estimate of drug-likeness (QED) is 0.146. The number of hydrogen-bond donors (Lipinski definition) is 0. The monoisotopic (exact) mass is 884 g/mol. The summed E-state index contributed by atoms with van der Waals surface area (Å²) in [6.45, 7) is 0. The van der Waals surface area contributed by atoms with Gasteiger partial charge in [0.05, 0.1) is 0 Å². The van der Waals surface area contributed by atoms with Crippen LogP contribution in [0.2, 0.25) is 0 Å². The van der Waals surface area contributed by atoms with Crippen molar-refractivity contribution in [2.45, 2.75) is 0 Å². The Kier molecular flexibility index (Phi) is 9.32. The highest BCUT2D eigenvalue weighted by atomic mass is 14.2. The molecule has 0 aliphatic carbocycles. The number of benzene rings is 14. The second-order valence-corrected chi connectivity index (χ2v) is 18.7. The molecule has 14 aromatic carbocycles. The molecule has 0 aromatic heterocycles. The van der Waals surface area contributed by atoms with E-state index in [4.69, 9.17) is 0 Å². The third kappa shape index (κ3) is 6.45. The molecule has 0 heterocycles. The summed E-state index contributed by atoms with van der Waals surface area (Å²) in [6.07, 6.45) is 0. The van der Waals surface area contributed by atoms with Crippen LogP contribution in [-0.2, 0) is 0 Å². The Morgan fingerprint density at radius 2 is 0.500 bits per heavy atom. The van der Waals surface area contributed by atoms with Gasteiger partial charge in [-0.05, 0) is 166 Å². The zero-order chi connectivity index (χ0) is 46.1. The third-order valence-electron chi connectivity index (χ3n) is 14.8. The van der Waals surface area contributed by atoms with Crippen LogP contribution in [0.25, 0.3) is 142 Å². The number of fused-ring (bicyclic) bond motifs is 7. The fourth-order valence-electron chi connectivity index (χ4n) is 11.7. The van der Waals surface area contributed by atoms with Crippen LogP contribution in [0.3, 0.4) is 0 Å². The second-order valence-electron chi connectivity index (χ2n) is 18.7. The zero-order valence-corrected chi connectivity index (χ0v) is 38.4. The van der Waals surface area contributed by atoms with Crippen LogP contribution in [0.15, 0.2) is 267 Å². The Bertz CT molecular complexity index is 4260. The first kappa shape index (κ1) is 40.0. The molecule has 0 heteroatoms. The number of rotatable bonds is 6. The molecule has 0 saturated heterocycles. The molecule has 0 nitrogen and oxygen atoms in total. The lowest BCUT2D eigenvalue weighted by atomic mass is 9.82. The van der Waals surface area contributed by atoms with Crippen LogP contribution in [0.1, 0.15) is 0 Å². The van der Waals surface area contributed by atoms with E-state index in [2.05, 4.69) is 267 Å². The van der Waals surface area contributed by atoms with Crippen LogP contribution < -0.4 is 0 Å². The van der Waals surface area contributed by atoms with Gasteiger partial charge in [0.1, 0.15) is 0 Å². The molecule has 324 valence electrons. The van der Waals surface area contributed by atoms with Crippen molar-refractivity contribution in [1.82, 2.24) is 0 Å². The molecule has 0 atom stereocenters. The molecule has 0 N–H and O–H groups in total. The third-order valence-corrected chi connectivity index (χ3v) is 14.8. The van der Waals surface area contributed by atoms with Crippen molar-refractivity contribution in [3.8, 4) is 66.8 Å². The van der Waals surface area contributed by atoms with Gasteiger partial charge in [-0.25, -0.2) is 0 Å². The van der Waals surface area contributed by atoms with Gasteiger partial charge in [-0.3, -0.25) is 0 Å². The van der Waals surface area contributed by atoms with Crippen LogP contribution in [-0.4, -0.2) is 0 Å². The Morgan fingerprint density at radius 3 is 1.06 bits per heavy atom. The molecule has 14 aromatic rings. The van der Waals surface area contributed by atoms with E-state index in [1.54, 1.807) is 0 Å². The first-order valence-corrected chi connectivity index (χ1v) is 24.3. The topological polar surface area (TPSA) is 0 Å². The zero-order valence-electron chi connectivity index (χ0n) is 38.4. The maximum atomic E-state index is 2.47. The summed E-state index contributed by atoms with van der Waals surface area (Å²) in [7, 11) is 0. The average Bonchev–Trinajstić information content (AvgIpc) is 3.43. The summed E-state index contributed by atoms with van der Waals surface area (Å²) in [4.78, 5) is 0. The first-order valence-electron chi connectivity index (χ1n) is 24.3. The summed E-state index contributed by atoms with van der Waals surface area (Å²) in [6, 6.07) is 99.4. The first-order chi connectivity index (χ1) is 34.7. The molecule has 0 unspecified atom stereocenters. The van der Waals surface area contributed by atoms with Crippen LogP contribution in [0, 0.1) is 0 Å². The lowest BCUT2D eigenvalue weighted by Gasteiger charge is -2.21. The predicted molar refractivity (Wildman–Crippen MR) is 302 cm³/mol. The van der Waals surface area contributed by atoms with Gasteiger partial charge < -0.3 is 0 Å². The minimum atomic E-state index is 1.18. The minimum Gasteiger partial charge on any atom is -0.0616 e. The van der Waals surface area contributed by atoms with E-state index in [1.165, 1.54) is 142 Å².